The Hall–Kier alpha value is -0.730. The van der Waals surface area contributed by atoms with E-state index in [9.17, 15) is 8.42 Å². The lowest BCUT2D eigenvalue weighted by atomic mass is 10.1. The Morgan fingerprint density at radius 3 is 2.71 bits per heavy atom. The Bertz CT molecular complexity index is 728. The summed E-state index contributed by atoms with van der Waals surface area (Å²) in [5.74, 6) is 0. The van der Waals surface area contributed by atoms with Crippen LogP contribution in [0.4, 0.5) is 0 Å². The number of thiophene rings is 1. The predicted molar refractivity (Wildman–Crippen MR) is 89.8 cm³/mol. The summed E-state index contributed by atoms with van der Waals surface area (Å²) in [6, 6.07) is 5.12. The molecule has 4 nitrogen and oxygen atoms in total. The van der Waals surface area contributed by atoms with Crippen molar-refractivity contribution in [2.24, 2.45) is 5.73 Å². The molecule has 0 saturated carbocycles. The third kappa shape index (κ3) is 3.73. The molecule has 0 saturated heterocycles. The third-order valence-corrected chi connectivity index (χ3v) is 6.76. The lowest BCUT2D eigenvalue weighted by molar-refractivity contribution is 0.566. The molecule has 3 N–H and O–H groups in total. The van der Waals surface area contributed by atoms with E-state index >= 15 is 0 Å². The number of nitrogens with two attached hydrogens (primary N) is 1. The minimum Gasteiger partial charge on any atom is -0.326 e. The minimum absolute atomic E-state index is 0.227. The van der Waals surface area contributed by atoms with Crippen LogP contribution in [0.5, 0.6) is 0 Å². The molecule has 0 radical (unpaired) electrons. The topological polar surface area (TPSA) is 72.2 Å². The Balaban J connectivity index is 2.38. The van der Waals surface area contributed by atoms with Crippen molar-refractivity contribution < 1.29 is 8.42 Å². The Kier molecular flexibility index (Phi) is 5.21. The molecule has 2 aromatic rings. The molecule has 0 aliphatic rings. The van der Waals surface area contributed by atoms with E-state index in [-0.39, 0.29) is 10.9 Å². The van der Waals surface area contributed by atoms with Crippen LogP contribution in [-0.4, -0.2) is 8.42 Å². The van der Waals surface area contributed by atoms with E-state index in [4.69, 9.17) is 5.73 Å². The van der Waals surface area contributed by atoms with Gasteiger partial charge in [0.25, 0.3) is 0 Å². The fourth-order valence-corrected chi connectivity index (χ4v) is 5.06. The van der Waals surface area contributed by atoms with Gasteiger partial charge in [-0.15, -0.1) is 0 Å². The van der Waals surface area contributed by atoms with Crippen molar-refractivity contribution in [2.75, 3.05) is 0 Å². The van der Waals surface area contributed by atoms with Gasteiger partial charge in [-0.1, -0.05) is 6.07 Å². The minimum atomic E-state index is -3.62. The van der Waals surface area contributed by atoms with Crippen LogP contribution in [0.3, 0.4) is 0 Å². The Labute approximate surface area is 137 Å². The molecule has 1 unspecified atom stereocenters. The molecule has 2 rings (SSSR count). The molecule has 7 heteroatoms. The first-order chi connectivity index (χ1) is 9.85. The highest BCUT2D eigenvalue weighted by Crippen LogP contribution is 2.28. The molecule has 114 valence electrons. The van der Waals surface area contributed by atoms with Gasteiger partial charge in [0.05, 0.1) is 4.90 Å². The summed E-state index contributed by atoms with van der Waals surface area (Å²) < 4.78 is 28.5. The van der Waals surface area contributed by atoms with Gasteiger partial charge in [0.2, 0.25) is 10.0 Å². The molecular formula is C14H17BrN2O2S2. The van der Waals surface area contributed by atoms with E-state index in [0.29, 0.717) is 11.0 Å². The first-order valence-electron chi connectivity index (χ1n) is 6.38. The molecule has 0 aliphatic carbocycles. The van der Waals surface area contributed by atoms with Crippen molar-refractivity contribution in [2.45, 2.75) is 31.3 Å². The molecule has 1 heterocycles. The van der Waals surface area contributed by atoms with E-state index in [1.807, 2.05) is 36.7 Å². The van der Waals surface area contributed by atoms with Crippen LogP contribution >= 0.6 is 27.3 Å². The smallest absolute Gasteiger partial charge is 0.242 e. The van der Waals surface area contributed by atoms with Gasteiger partial charge in [-0.2, -0.15) is 11.3 Å². The van der Waals surface area contributed by atoms with Crippen molar-refractivity contribution in [3.63, 3.8) is 0 Å². The zero-order chi connectivity index (χ0) is 15.6. The number of sulfonamides is 1. The van der Waals surface area contributed by atoms with E-state index < -0.39 is 10.0 Å². The van der Waals surface area contributed by atoms with Crippen molar-refractivity contribution in [1.29, 1.82) is 0 Å². The number of rotatable bonds is 5. The molecule has 1 atom stereocenters. The van der Waals surface area contributed by atoms with Gasteiger partial charge in [0.1, 0.15) is 0 Å². The zero-order valence-electron chi connectivity index (χ0n) is 11.8. The van der Waals surface area contributed by atoms with Crippen LogP contribution in [0.2, 0.25) is 0 Å². The second-order valence-electron chi connectivity index (χ2n) is 4.83. The SMILES string of the molecule is Cc1cc(CN)cc(S(=O)(=O)NC(C)c2ccsc2)c1Br. The maximum Gasteiger partial charge on any atom is 0.242 e. The van der Waals surface area contributed by atoms with Crippen LogP contribution in [-0.2, 0) is 16.6 Å². The molecule has 0 spiro atoms. The zero-order valence-corrected chi connectivity index (χ0v) is 15.0. The number of benzene rings is 1. The molecule has 0 aliphatic heterocycles. The van der Waals surface area contributed by atoms with Crippen LogP contribution in [0, 0.1) is 6.92 Å². The normalized spacial score (nSPS) is 13.3. The highest BCUT2D eigenvalue weighted by Gasteiger charge is 2.22. The van der Waals surface area contributed by atoms with E-state index in [1.54, 1.807) is 17.4 Å². The summed E-state index contributed by atoms with van der Waals surface area (Å²) in [5, 5.41) is 3.86. The van der Waals surface area contributed by atoms with E-state index in [0.717, 1.165) is 16.7 Å². The van der Waals surface area contributed by atoms with Crippen LogP contribution < -0.4 is 10.5 Å². The lowest BCUT2D eigenvalue weighted by Crippen LogP contribution is -2.27. The molecule has 1 aromatic carbocycles. The lowest BCUT2D eigenvalue weighted by Gasteiger charge is -2.16. The summed E-state index contributed by atoms with van der Waals surface area (Å²) in [5.41, 5.74) is 8.22. The van der Waals surface area contributed by atoms with Crippen LogP contribution in [0.1, 0.15) is 29.7 Å². The molecule has 0 bridgehead atoms. The summed E-state index contributed by atoms with van der Waals surface area (Å²) in [6.45, 7) is 3.98. The van der Waals surface area contributed by atoms with Gasteiger partial charge in [0.15, 0.2) is 0 Å². The molecule has 1 aromatic heterocycles. The summed E-state index contributed by atoms with van der Waals surface area (Å²) in [4.78, 5) is 0.227. The highest BCUT2D eigenvalue weighted by atomic mass is 79.9. The molecule has 0 fully saturated rings. The maximum atomic E-state index is 12.6. The number of aryl methyl sites for hydroxylation is 1. The van der Waals surface area contributed by atoms with Gasteiger partial charge < -0.3 is 5.73 Å². The molecule has 21 heavy (non-hydrogen) atoms. The largest absolute Gasteiger partial charge is 0.326 e. The quantitative estimate of drug-likeness (QED) is 0.824. The summed E-state index contributed by atoms with van der Waals surface area (Å²) >= 11 is 4.90. The summed E-state index contributed by atoms with van der Waals surface area (Å²) in [6.07, 6.45) is 0. The number of nitrogens with one attached hydrogen (secondary N) is 1. The monoisotopic (exact) mass is 388 g/mol. The second kappa shape index (κ2) is 6.58. The fourth-order valence-electron chi connectivity index (χ4n) is 2.01. The second-order valence-corrected chi connectivity index (χ2v) is 8.08. The van der Waals surface area contributed by atoms with E-state index in [1.165, 1.54) is 0 Å². The highest BCUT2D eigenvalue weighted by molar-refractivity contribution is 9.10. The van der Waals surface area contributed by atoms with Crippen molar-refractivity contribution >= 4 is 37.3 Å². The maximum absolute atomic E-state index is 12.6. The molecular weight excluding hydrogens is 372 g/mol. The average Bonchev–Trinajstić information content (AvgIpc) is 2.95. The Morgan fingerprint density at radius 1 is 1.43 bits per heavy atom. The fraction of sp³-hybridized carbons (Fsp3) is 0.286. The van der Waals surface area contributed by atoms with Gasteiger partial charge in [-0.25, -0.2) is 13.1 Å². The van der Waals surface area contributed by atoms with E-state index in [2.05, 4.69) is 20.7 Å². The van der Waals surface area contributed by atoms with Crippen molar-refractivity contribution in [3.8, 4) is 0 Å². The first-order valence-corrected chi connectivity index (χ1v) is 9.60. The van der Waals surface area contributed by atoms with Crippen molar-refractivity contribution in [3.05, 3.63) is 50.1 Å². The first kappa shape index (κ1) is 16.6. The average molecular weight is 389 g/mol. The van der Waals surface area contributed by atoms with Crippen molar-refractivity contribution in [1.82, 2.24) is 4.72 Å². The number of halogens is 1. The van der Waals surface area contributed by atoms with Gasteiger partial charge in [-0.05, 0) is 69.4 Å². The van der Waals surface area contributed by atoms with Gasteiger partial charge >= 0.3 is 0 Å². The van der Waals surface area contributed by atoms with Crippen LogP contribution in [0.25, 0.3) is 0 Å². The van der Waals surface area contributed by atoms with Gasteiger partial charge in [-0.3, -0.25) is 0 Å². The number of hydrogen-bond acceptors (Lipinski definition) is 4. The number of hydrogen-bond donors (Lipinski definition) is 2. The summed E-state index contributed by atoms with van der Waals surface area (Å²) in [7, 11) is -3.62. The van der Waals surface area contributed by atoms with Crippen LogP contribution in [0.15, 0.2) is 38.3 Å². The standard InChI is InChI=1S/C14H17BrN2O2S2/c1-9-5-11(7-16)6-13(14(9)15)21(18,19)17-10(2)12-3-4-20-8-12/h3-6,8,10,17H,7,16H2,1-2H3. The third-order valence-electron chi connectivity index (χ3n) is 3.18. The van der Waals surface area contributed by atoms with Gasteiger partial charge in [0, 0.05) is 17.1 Å². The Morgan fingerprint density at radius 2 is 2.14 bits per heavy atom. The molecule has 0 amide bonds. The predicted octanol–water partition coefficient (Wildman–Crippen LogP) is 3.32.